The van der Waals surface area contributed by atoms with Crippen LogP contribution >= 0.6 is 0 Å². The molecule has 1 aliphatic heterocycles. The highest BCUT2D eigenvalue weighted by molar-refractivity contribution is 5.48. The Morgan fingerprint density at radius 2 is 2.21 bits per heavy atom. The molecule has 1 N–H and O–H groups in total. The highest BCUT2D eigenvalue weighted by atomic mass is 16.5. The van der Waals surface area contributed by atoms with E-state index in [-0.39, 0.29) is 6.10 Å². The first-order valence-electron chi connectivity index (χ1n) is 6.80. The largest absolute Gasteiger partial charge is 0.496 e. The van der Waals surface area contributed by atoms with Crippen LogP contribution in [0.5, 0.6) is 11.5 Å². The van der Waals surface area contributed by atoms with Crippen LogP contribution in [0.25, 0.3) is 0 Å². The van der Waals surface area contributed by atoms with Gasteiger partial charge in [-0.15, -0.1) is 0 Å². The molecule has 1 aromatic rings. The van der Waals surface area contributed by atoms with Gasteiger partial charge < -0.3 is 19.5 Å². The lowest BCUT2D eigenvalue weighted by Crippen LogP contribution is -2.16. The van der Waals surface area contributed by atoms with Crippen LogP contribution in [0.4, 0.5) is 0 Å². The van der Waals surface area contributed by atoms with Gasteiger partial charge in [-0.3, -0.25) is 0 Å². The van der Waals surface area contributed by atoms with Crippen molar-refractivity contribution in [2.45, 2.75) is 32.4 Å². The zero-order valence-electron chi connectivity index (χ0n) is 12.0. The van der Waals surface area contributed by atoms with E-state index in [2.05, 4.69) is 24.4 Å². The second-order valence-electron chi connectivity index (χ2n) is 4.93. The van der Waals surface area contributed by atoms with Gasteiger partial charge in [0.1, 0.15) is 17.6 Å². The van der Waals surface area contributed by atoms with Crippen molar-refractivity contribution in [3.63, 3.8) is 0 Å². The Labute approximate surface area is 115 Å². The van der Waals surface area contributed by atoms with E-state index in [4.69, 9.17) is 14.2 Å². The number of rotatable bonds is 7. The summed E-state index contributed by atoms with van der Waals surface area (Å²) in [6, 6.07) is 4.20. The summed E-state index contributed by atoms with van der Waals surface area (Å²) in [6.07, 6.45) is 2.24. The second-order valence-corrected chi connectivity index (χ2v) is 4.93. The van der Waals surface area contributed by atoms with Gasteiger partial charge in [0, 0.05) is 37.8 Å². The molecule has 4 heteroatoms. The predicted octanol–water partition coefficient (Wildman–Crippen LogP) is 2.14. The third kappa shape index (κ3) is 3.61. The van der Waals surface area contributed by atoms with E-state index in [9.17, 15) is 0 Å². The lowest BCUT2D eigenvalue weighted by atomic mass is 10.1. The van der Waals surface area contributed by atoms with Crippen LogP contribution in [0, 0.1) is 0 Å². The summed E-state index contributed by atoms with van der Waals surface area (Å²) in [5, 5.41) is 3.40. The van der Waals surface area contributed by atoms with Crippen molar-refractivity contribution >= 4 is 0 Å². The Morgan fingerprint density at radius 3 is 2.95 bits per heavy atom. The van der Waals surface area contributed by atoms with Crippen LogP contribution in [0.2, 0.25) is 0 Å². The molecule has 4 nitrogen and oxygen atoms in total. The smallest absolute Gasteiger partial charge is 0.123 e. The standard InChI is InChI=1S/C15H23NO3/c1-11-7-12-8-14(18-3)13(9-15(12)19-11)10-16-5-4-6-17-2/h8-9,11,16H,4-7,10H2,1-3H3. The van der Waals surface area contributed by atoms with Gasteiger partial charge in [-0.25, -0.2) is 0 Å². The van der Waals surface area contributed by atoms with Crippen molar-refractivity contribution in [1.82, 2.24) is 5.32 Å². The zero-order valence-corrected chi connectivity index (χ0v) is 12.0. The first-order chi connectivity index (χ1) is 9.24. The van der Waals surface area contributed by atoms with E-state index < -0.39 is 0 Å². The number of fused-ring (bicyclic) bond motifs is 1. The fourth-order valence-electron chi connectivity index (χ4n) is 2.37. The summed E-state index contributed by atoms with van der Waals surface area (Å²) < 4.78 is 16.3. The summed E-state index contributed by atoms with van der Waals surface area (Å²) in [5.41, 5.74) is 2.39. The maximum atomic E-state index is 5.79. The number of ether oxygens (including phenoxy) is 3. The van der Waals surface area contributed by atoms with Crippen molar-refractivity contribution in [3.8, 4) is 11.5 Å². The molecule has 19 heavy (non-hydrogen) atoms. The zero-order chi connectivity index (χ0) is 13.7. The van der Waals surface area contributed by atoms with Gasteiger partial charge in [0.05, 0.1) is 7.11 Å². The van der Waals surface area contributed by atoms with E-state index in [1.54, 1.807) is 14.2 Å². The van der Waals surface area contributed by atoms with Crippen molar-refractivity contribution < 1.29 is 14.2 Å². The monoisotopic (exact) mass is 265 g/mol. The number of hydrogen-bond acceptors (Lipinski definition) is 4. The molecule has 0 radical (unpaired) electrons. The van der Waals surface area contributed by atoms with Gasteiger partial charge in [0.2, 0.25) is 0 Å². The van der Waals surface area contributed by atoms with E-state index in [1.807, 2.05) is 0 Å². The van der Waals surface area contributed by atoms with Crippen molar-refractivity contribution in [3.05, 3.63) is 23.3 Å². The minimum absolute atomic E-state index is 0.268. The van der Waals surface area contributed by atoms with E-state index in [0.717, 1.165) is 49.6 Å². The summed E-state index contributed by atoms with van der Waals surface area (Å²) in [5.74, 6) is 1.94. The first kappa shape index (κ1) is 14.2. The van der Waals surface area contributed by atoms with E-state index in [1.165, 1.54) is 5.56 Å². The summed E-state index contributed by atoms with van der Waals surface area (Å²) in [6.45, 7) is 4.60. The Morgan fingerprint density at radius 1 is 1.37 bits per heavy atom. The fourth-order valence-corrected chi connectivity index (χ4v) is 2.37. The molecule has 0 spiro atoms. The molecule has 0 amide bonds. The third-order valence-electron chi connectivity index (χ3n) is 3.32. The molecule has 0 fully saturated rings. The summed E-state index contributed by atoms with van der Waals surface area (Å²) >= 11 is 0. The second kappa shape index (κ2) is 6.78. The molecule has 1 heterocycles. The van der Waals surface area contributed by atoms with Crippen LogP contribution in [0.3, 0.4) is 0 Å². The fraction of sp³-hybridized carbons (Fsp3) is 0.600. The molecule has 0 aromatic heterocycles. The summed E-state index contributed by atoms with van der Waals surface area (Å²) in [7, 11) is 3.44. The average Bonchev–Trinajstić information content (AvgIpc) is 2.76. The quantitative estimate of drug-likeness (QED) is 0.767. The molecular formula is C15H23NO3. The van der Waals surface area contributed by atoms with Crippen molar-refractivity contribution in [1.29, 1.82) is 0 Å². The van der Waals surface area contributed by atoms with Crippen LogP contribution in [0.1, 0.15) is 24.5 Å². The molecule has 0 saturated heterocycles. The van der Waals surface area contributed by atoms with Gasteiger partial charge in [-0.05, 0) is 32.0 Å². The van der Waals surface area contributed by atoms with Crippen LogP contribution in [0.15, 0.2) is 12.1 Å². The van der Waals surface area contributed by atoms with Crippen molar-refractivity contribution in [2.75, 3.05) is 27.4 Å². The van der Waals surface area contributed by atoms with Crippen LogP contribution in [-0.4, -0.2) is 33.5 Å². The minimum atomic E-state index is 0.268. The molecular weight excluding hydrogens is 242 g/mol. The molecule has 0 bridgehead atoms. The molecule has 1 unspecified atom stereocenters. The van der Waals surface area contributed by atoms with E-state index >= 15 is 0 Å². The molecule has 1 aliphatic rings. The molecule has 0 saturated carbocycles. The van der Waals surface area contributed by atoms with Crippen molar-refractivity contribution in [2.24, 2.45) is 0 Å². The van der Waals surface area contributed by atoms with E-state index in [0.29, 0.717) is 0 Å². The van der Waals surface area contributed by atoms with Gasteiger partial charge >= 0.3 is 0 Å². The molecule has 106 valence electrons. The lowest BCUT2D eigenvalue weighted by Gasteiger charge is -2.12. The first-order valence-corrected chi connectivity index (χ1v) is 6.80. The summed E-state index contributed by atoms with van der Waals surface area (Å²) in [4.78, 5) is 0. The maximum absolute atomic E-state index is 5.79. The topological polar surface area (TPSA) is 39.7 Å². The minimum Gasteiger partial charge on any atom is -0.496 e. The van der Waals surface area contributed by atoms with Gasteiger partial charge in [-0.2, -0.15) is 0 Å². The van der Waals surface area contributed by atoms with Crippen LogP contribution < -0.4 is 14.8 Å². The van der Waals surface area contributed by atoms with Gasteiger partial charge in [0.25, 0.3) is 0 Å². The Bertz CT molecular complexity index is 420. The highest BCUT2D eigenvalue weighted by Crippen LogP contribution is 2.34. The average molecular weight is 265 g/mol. The number of methoxy groups -OCH3 is 2. The van der Waals surface area contributed by atoms with Crippen LogP contribution in [-0.2, 0) is 17.7 Å². The number of nitrogens with one attached hydrogen (secondary N) is 1. The Hall–Kier alpha value is -1.26. The lowest BCUT2D eigenvalue weighted by molar-refractivity contribution is 0.194. The molecule has 0 aliphatic carbocycles. The molecule has 2 rings (SSSR count). The maximum Gasteiger partial charge on any atom is 0.123 e. The third-order valence-corrected chi connectivity index (χ3v) is 3.32. The SMILES string of the molecule is COCCCNCc1cc2c(cc1OC)CC(C)O2. The highest BCUT2D eigenvalue weighted by Gasteiger charge is 2.21. The normalized spacial score (nSPS) is 17.1. The van der Waals surface area contributed by atoms with Gasteiger partial charge in [-0.1, -0.05) is 0 Å². The number of benzene rings is 1. The predicted molar refractivity (Wildman–Crippen MR) is 75.0 cm³/mol. The Kier molecular flexibility index (Phi) is 5.05. The molecule has 1 aromatic carbocycles. The Balaban J connectivity index is 1.98. The molecule has 1 atom stereocenters. The number of hydrogen-bond donors (Lipinski definition) is 1. The van der Waals surface area contributed by atoms with Gasteiger partial charge in [0.15, 0.2) is 0 Å².